The van der Waals surface area contributed by atoms with E-state index in [4.69, 9.17) is 0 Å². The largest absolute Gasteiger partial charge is 0.311 e. The van der Waals surface area contributed by atoms with E-state index in [0.717, 1.165) is 35.5 Å². The minimum Gasteiger partial charge on any atom is -0.311 e. The fourth-order valence-electron chi connectivity index (χ4n) is 19.7. The lowest BCUT2D eigenvalue weighted by atomic mass is 9.33. The van der Waals surface area contributed by atoms with Crippen molar-refractivity contribution in [1.29, 1.82) is 0 Å². The minimum absolute atomic E-state index is 0.0124. The Bertz CT molecular complexity index is 3200. The van der Waals surface area contributed by atoms with Crippen LogP contribution in [0.2, 0.25) is 0 Å². The second kappa shape index (κ2) is 15.6. The Morgan fingerprint density at radius 2 is 0.855 bits per heavy atom. The number of anilines is 6. The fraction of sp³-hybridized carbons (Fsp3) is 0.507. The summed E-state index contributed by atoms with van der Waals surface area (Å²) in [4.78, 5) is 5.47. The minimum atomic E-state index is -0.0124. The summed E-state index contributed by atoms with van der Waals surface area (Å²) in [6.45, 7) is 28.6. The number of rotatable bonds is 5. The maximum absolute atomic E-state index is 2.78. The van der Waals surface area contributed by atoms with Crippen molar-refractivity contribution < 1.29 is 0 Å². The van der Waals surface area contributed by atoms with E-state index in [2.05, 4.69) is 208 Å². The molecule has 5 unspecified atom stereocenters. The number of hydrogen-bond acceptors (Lipinski definition) is 2. The van der Waals surface area contributed by atoms with Gasteiger partial charge in [0.1, 0.15) is 0 Å². The third kappa shape index (κ3) is 6.90. The van der Waals surface area contributed by atoms with Crippen LogP contribution in [-0.4, -0.2) is 6.71 Å². The van der Waals surface area contributed by atoms with E-state index >= 15 is 0 Å². The highest BCUT2D eigenvalue weighted by molar-refractivity contribution is 7.00. The van der Waals surface area contributed by atoms with Crippen LogP contribution in [0.3, 0.4) is 0 Å². The maximum atomic E-state index is 2.78. The molecule has 6 aromatic carbocycles. The summed E-state index contributed by atoms with van der Waals surface area (Å²) in [5, 5.41) is 0. The summed E-state index contributed by atoms with van der Waals surface area (Å²) in [6, 6.07) is 48.3. The highest BCUT2D eigenvalue weighted by Gasteiger charge is 2.71. The molecule has 0 saturated heterocycles. The molecule has 3 heteroatoms. The second-order valence-electron chi connectivity index (χ2n) is 31.6. The summed E-state index contributed by atoms with van der Waals surface area (Å²) < 4.78 is 0. The second-order valence-corrected chi connectivity index (χ2v) is 31.6. The van der Waals surface area contributed by atoms with Crippen molar-refractivity contribution >= 4 is 57.2 Å². The molecule has 7 bridgehead atoms. The third-order valence-corrected chi connectivity index (χ3v) is 22.8. The number of hydrogen-bond donors (Lipinski definition) is 0. The van der Waals surface area contributed by atoms with Crippen LogP contribution in [0.5, 0.6) is 0 Å². The van der Waals surface area contributed by atoms with Crippen LogP contribution < -0.4 is 26.2 Å². The number of fused-ring (bicyclic) bond motifs is 6. The lowest BCUT2D eigenvalue weighted by molar-refractivity contribution is -0.00505. The summed E-state index contributed by atoms with van der Waals surface area (Å²) in [6.07, 6.45) is 17.3. The lowest BCUT2D eigenvalue weighted by Gasteiger charge is -2.58. The molecule has 76 heavy (non-hydrogen) atoms. The maximum Gasteiger partial charge on any atom is 0.252 e. The number of nitrogens with zero attached hydrogens (tertiary/aromatic N) is 2. The zero-order valence-corrected chi connectivity index (χ0v) is 48.4. The zero-order chi connectivity index (χ0) is 52.4. The van der Waals surface area contributed by atoms with Gasteiger partial charge in [-0.05, 0) is 260 Å². The molecular formula is C73H85BN2. The Balaban J connectivity index is 1.06. The van der Waals surface area contributed by atoms with E-state index in [1.54, 1.807) is 16.7 Å². The van der Waals surface area contributed by atoms with Gasteiger partial charge in [-0.3, -0.25) is 0 Å². The van der Waals surface area contributed by atoms with Crippen LogP contribution in [0.15, 0.2) is 115 Å². The molecule has 2 aliphatic heterocycles. The van der Waals surface area contributed by atoms with Crippen LogP contribution in [-0.2, 0) is 32.5 Å². The van der Waals surface area contributed by atoms with E-state index in [0.29, 0.717) is 5.41 Å². The SMILES string of the molecule is CC(C)(C)c1ccc(N2c3ccc(C(C)(C)C)cc3B3c4cc(C(C)(C)C)ccc4N(c4ccc(C(C)(C)C)cc4)c4cc(-c5c(C67CC8CC(CC(C8)C6)C7)cccc5C56CC7CC8CC(C5)C8(C7)C6)cc2c43)cc1. The van der Waals surface area contributed by atoms with Crippen molar-refractivity contribution in [3.05, 3.63) is 149 Å². The molecule has 5 atom stereocenters. The molecular weight excluding hydrogens is 916 g/mol. The average Bonchev–Trinajstić information content (AvgIpc) is 3.43. The number of benzene rings is 6. The van der Waals surface area contributed by atoms with Crippen molar-refractivity contribution in [1.82, 2.24) is 0 Å². The van der Waals surface area contributed by atoms with E-state index in [-0.39, 0.29) is 39.2 Å². The molecule has 0 radical (unpaired) electrons. The van der Waals surface area contributed by atoms with E-state index in [1.807, 2.05) is 0 Å². The lowest BCUT2D eigenvalue weighted by Crippen LogP contribution is -2.61. The summed E-state index contributed by atoms with van der Waals surface area (Å²) in [7, 11) is 0. The molecule has 8 saturated carbocycles. The van der Waals surface area contributed by atoms with Crippen LogP contribution >= 0.6 is 0 Å². The first-order chi connectivity index (χ1) is 36.0. The van der Waals surface area contributed by atoms with Gasteiger partial charge in [-0.1, -0.05) is 150 Å². The Morgan fingerprint density at radius 3 is 1.33 bits per heavy atom. The van der Waals surface area contributed by atoms with Gasteiger partial charge in [0.2, 0.25) is 0 Å². The highest BCUT2D eigenvalue weighted by Crippen LogP contribution is 2.79. The molecule has 0 N–H and O–H groups in total. The molecule has 390 valence electrons. The quantitative estimate of drug-likeness (QED) is 0.159. The molecule has 8 fully saturated rings. The first-order valence-electron chi connectivity index (χ1n) is 30.4. The van der Waals surface area contributed by atoms with Gasteiger partial charge in [0.15, 0.2) is 0 Å². The topological polar surface area (TPSA) is 6.48 Å². The molecule has 2 heterocycles. The van der Waals surface area contributed by atoms with Crippen LogP contribution in [0.4, 0.5) is 34.1 Å². The van der Waals surface area contributed by atoms with Crippen molar-refractivity contribution in [2.75, 3.05) is 9.80 Å². The zero-order valence-electron chi connectivity index (χ0n) is 48.4. The van der Waals surface area contributed by atoms with Gasteiger partial charge in [-0.25, -0.2) is 0 Å². The van der Waals surface area contributed by atoms with Gasteiger partial charge in [-0.15, -0.1) is 0 Å². The molecule has 16 rings (SSSR count). The Kier molecular flexibility index (Phi) is 9.90. The smallest absolute Gasteiger partial charge is 0.252 e. The standard InChI is InChI=1S/C73H85BN2/c1-67(2,3)49-16-22-55(23-17-49)75-61-26-20-51(69(7,8)9)35-59(61)74-60-36-52(70(10,11)12)21-27-62(60)76(56-24-18-50(19-25-56)68(4,5)6)64-33-48(32-63(75)66(64)74)65-57(71-37-44-28-45(38-71)30-46(29-44)39-71)14-13-15-58(65)72-40-47-31-53-34-54(42-72)73(53,41-47)43-72/h13-27,32-33,35-36,44-47,53-54H,28-31,34,37-43H2,1-12H3. The first kappa shape index (κ1) is 48.1. The van der Waals surface area contributed by atoms with Gasteiger partial charge < -0.3 is 9.80 Å². The van der Waals surface area contributed by atoms with Crippen LogP contribution in [0, 0.1) is 40.9 Å². The summed E-state index contributed by atoms with van der Waals surface area (Å²) in [5.41, 5.74) is 25.5. The molecule has 6 aromatic rings. The molecule has 1 spiro atoms. The molecule has 8 aliphatic carbocycles. The van der Waals surface area contributed by atoms with Gasteiger partial charge in [0, 0.05) is 34.1 Å². The van der Waals surface area contributed by atoms with Crippen molar-refractivity contribution in [2.24, 2.45) is 40.9 Å². The van der Waals surface area contributed by atoms with Crippen molar-refractivity contribution in [3.63, 3.8) is 0 Å². The van der Waals surface area contributed by atoms with E-state index < -0.39 is 0 Å². The third-order valence-electron chi connectivity index (χ3n) is 22.8. The van der Waals surface area contributed by atoms with Crippen LogP contribution in [0.1, 0.15) is 194 Å². The monoisotopic (exact) mass is 1000 g/mol. The Morgan fingerprint density at radius 1 is 0.408 bits per heavy atom. The summed E-state index contributed by atoms with van der Waals surface area (Å²) >= 11 is 0. The van der Waals surface area contributed by atoms with Crippen LogP contribution in [0.25, 0.3) is 11.1 Å². The van der Waals surface area contributed by atoms with E-state index in [1.165, 1.54) is 155 Å². The van der Waals surface area contributed by atoms with Gasteiger partial charge >= 0.3 is 0 Å². The van der Waals surface area contributed by atoms with Crippen molar-refractivity contribution in [3.8, 4) is 11.1 Å². The normalized spacial score (nSPS) is 30.3. The predicted octanol–water partition coefficient (Wildman–Crippen LogP) is 17.6. The molecule has 2 nitrogen and oxygen atoms in total. The Labute approximate surface area is 458 Å². The first-order valence-corrected chi connectivity index (χ1v) is 30.4. The van der Waals surface area contributed by atoms with Gasteiger partial charge in [-0.2, -0.15) is 0 Å². The molecule has 0 amide bonds. The van der Waals surface area contributed by atoms with Gasteiger partial charge in [0.25, 0.3) is 6.71 Å². The molecule has 0 aromatic heterocycles. The Hall–Kier alpha value is -5.02. The van der Waals surface area contributed by atoms with Gasteiger partial charge in [0.05, 0.1) is 0 Å². The summed E-state index contributed by atoms with van der Waals surface area (Å²) in [5.74, 6) is 5.40. The average molecular weight is 1000 g/mol. The van der Waals surface area contributed by atoms with E-state index in [9.17, 15) is 0 Å². The molecule has 10 aliphatic rings. The fourth-order valence-corrected chi connectivity index (χ4v) is 19.7. The van der Waals surface area contributed by atoms with Crippen molar-refractivity contribution in [2.45, 2.75) is 193 Å². The highest BCUT2D eigenvalue weighted by atomic mass is 15.2. The predicted molar refractivity (Wildman–Crippen MR) is 323 cm³/mol.